The van der Waals surface area contributed by atoms with E-state index in [1.54, 1.807) is 19.1 Å². The third-order valence-corrected chi connectivity index (χ3v) is 3.99. The maximum Gasteiger partial charge on any atom is 0.268 e. The number of hydrogen-bond donors (Lipinski definition) is 1. The van der Waals surface area contributed by atoms with Crippen LogP contribution < -0.4 is 15.0 Å². The van der Waals surface area contributed by atoms with E-state index in [1.807, 2.05) is 12.1 Å². The minimum absolute atomic E-state index is 0.0110. The number of anilines is 1. The third-order valence-electron chi connectivity index (χ3n) is 3.99. The Morgan fingerprint density at radius 2 is 2.23 bits per heavy atom. The van der Waals surface area contributed by atoms with Crippen LogP contribution >= 0.6 is 0 Å². The number of nitrogens with zero attached hydrogens (tertiary/aromatic N) is 1. The van der Waals surface area contributed by atoms with Crippen LogP contribution in [0, 0.1) is 5.92 Å². The molecule has 0 saturated carbocycles. The van der Waals surface area contributed by atoms with Gasteiger partial charge in [-0.2, -0.15) is 0 Å². The number of para-hydroxylation sites is 2. The number of carbonyl (C=O) groups is 2. The summed E-state index contributed by atoms with van der Waals surface area (Å²) in [6.45, 7) is 3.74. The molecule has 0 unspecified atom stereocenters. The minimum atomic E-state index is -0.578. The van der Waals surface area contributed by atoms with Crippen LogP contribution in [0.4, 0.5) is 5.69 Å². The summed E-state index contributed by atoms with van der Waals surface area (Å²) in [4.78, 5) is 25.9. The molecule has 2 aliphatic rings. The molecule has 0 aliphatic carbocycles. The van der Waals surface area contributed by atoms with Gasteiger partial charge in [0.2, 0.25) is 5.91 Å². The molecule has 0 bridgehead atoms. The molecule has 0 radical (unpaired) electrons. The molecule has 22 heavy (non-hydrogen) atoms. The second-order valence-corrected chi connectivity index (χ2v) is 5.69. The lowest BCUT2D eigenvalue weighted by atomic mass is 10.1. The van der Waals surface area contributed by atoms with Crippen LogP contribution in [-0.4, -0.2) is 44.2 Å². The highest BCUT2D eigenvalue weighted by molar-refractivity contribution is 6.03. The molecule has 1 N–H and O–H groups in total. The van der Waals surface area contributed by atoms with Gasteiger partial charge in [0.1, 0.15) is 12.3 Å². The average Bonchev–Trinajstić information content (AvgIpc) is 3.03. The lowest BCUT2D eigenvalue weighted by Crippen LogP contribution is -2.49. The maximum atomic E-state index is 12.3. The van der Waals surface area contributed by atoms with Crippen LogP contribution in [-0.2, 0) is 14.3 Å². The predicted octanol–water partition coefficient (Wildman–Crippen LogP) is 0.953. The molecule has 1 fully saturated rings. The molecule has 2 amide bonds. The van der Waals surface area contributed by atoms with Gasteiger partial charge >= 0.3 is 0 Å². The summed E-state index contributed by atoms with van der Waals surface area (Å²) in [6.07, 6.45) is 0.391. The largest absolute Gasteiger partial charge is 0.479 e. The first-order valence-electron chi connectivity index (χ1n) is 7.56. The van der Waals surface area contributed by atoms with Gasteiger partial charge in [-0.1, -0.05) is 12.1 Å². The van der Waals surface area contributed by atoms with E-state index in [2.05, 4.69) is 5.32 Å². The Balaban J connectivity index is 1.65. The van der Waals surface area contributed by atoms with Crippen molar-refractivity contribution in [3.63, 3.8) is 0 Å². The molecule has 0 spiro atoms. The second kappa shape index (κ2) is 6.36. The van der Waals surface area contributed by atoms with Gasteiger partial charge in [0.05, 0.1) is 12.3 Å². The topological polar surface area (TPSA) is 67.9 Å². The number of amides is 2. The summed E-state index contributed by atoms with van der Waals surface area (Å²) < 4.78 is 10.8. The molecule has 0 aromatic heterocycles. The van der Waals surface area contributed by atoms with Crippen molar-refractivity contribution in [2.45, 2.75) is 19.4 Å². The highest BCUT2D eigenvalue weighted by Crippen LogP contribution is 2.33. The summed E-state index contributed by atoms with van der Waals surface area (Å²) in [5, 5.41) is 2.88. The van der Waals surface area contributed by atoms with Crippen LogP contribution in [0.15, 0.2) is 24.3 Å². The van der Waals surface area contributed by atoms with Crippen molar-refractivity contribution < 1.29 is 19.1 Å². The average molecular weight is 304 g/mol. The number of nitrogens with one attached hydrogen (secondary N) is 1. The fourth-order valence-corrected chi connectivity index (χ4v) is 2.72. The second-order valence-electron chi connectivity index (χ2n) is 5.69. The lowest BCUT2D eigenvalue weighted by molar-refractivity contribution is -0.128. The van der Waals surface area contributed by atoms with E-state index in [9.17, 15) is 9.59 Å². The van der Waals surface area contributed by atoms with Crippen LogP contribution in [0.1, 0.15) is 13.3 Å². The number of rotatable bonds is 4. The van der Waals surface area contributed by atoms with Gasteiger partial charge in [0, 0.05) is 19.1 Å². The zero-order valence-corrected chi connectivity index (χ0v) is 12.6. The van der Waals surface area contributed by atoms with Gasteiger partial charge in [0.15, 0.2) is 6.10 Å². The molecular weight excluding hydrogens is 284 g/mol. The number of hydrogen-bond acceptors (Lipinski definition) is 4. The summed E-state index contributed by atoms with van der Waals surface area (Å²) in [5.74, 6) is 0.643. The monoisotopic (exact) mass is 304 g/mol. The predicted molar refractivity (Wildman–Crippen MR) is 80.8 cm³/mol. The van der Waals surface area contributed by atoms with E-state index in [-0.39, 0.29) is 18.4 Å². The van der Waals surface area contributed by atoms with E-state index in [0.29, 0.717) is 30.5 Å². The van der Waals surface area contributed by atoms with Crippen molar-refractivity contribution >= 4 is 17.5 Å². The van der Waals surface area contributed by atoms with Gasteiger partial charge in [-0.3, -0.25) is 14.5 Å². The normalized spacial score (nSPS) is 23.9. The Bertz CT molecular complexity index is 569. The molecule has 1 aromatic rings. The van der Waals surface area contributed by atoms with Gasteiger partial charge in [-0.05, 0) is 25.5 Å². The zero-order valence-electron chi connectivity index (χ0n) is 12.6. The first-order valence-corrected chi connectivity index (χ1v) is 7.56. The highest BCUT2D eigenvalue weighted by Gasteiger charge is 2.32. The Labute approximate surface area is 129 Å². The zero-order chi connectivity index (χ0) is 15.5. The first-order chi connectivity index (χ1) is 10.6. The van der Waals surface area contributed by atoms with Crippen molar-refractivity contribution in [3.05, 3.63) is 24.3 Å². The van der Waals surface area contributed by atoms with Gasteiger partial charge in [-0.25, -0.2) is 0 Å². The van der Waals surface area contributed by atoms with Crippen molar-refractivity contribution in [2.75, 3.05) is 31.2 Å². The van der Waals surface area contributed by atoms with Crippen LogP contribution in [0.5, 0.6) is 5.75 Å². The van der Waals surface area contributed by atoms with E-state index < -0.39 is 6.10 Å². The molecule has 1 saturated heterocycles. The minimum Gasteiger partial charge on any atom is -0.479 e. The first kappa shape index (κ1) is 14.8. The smallest absolute Gasteiger partial charge is 0.268 e. The quantitative estimate of drug-likeness (QED) is 0.899. The molecule has 2 aliphatic heterocycles. The standard InChI is InChI=1S/C16H20N2O4/c1-11-16(20)18(13-4-2-3-5-14(13)22-11)9-15(19)17-8-12-6-7-21-10-12/h2-5,11-12H,6-10H2,1H3,(H,17,19)/t11-,12+/m0/s1. The molecule has 2 heterocycles. The molecule has 118 valence electrons. The van der Waals surface area contributed by atoms with E-state index in [1.165, 1.54) is 4.90 Å². The van der Waals surface area contributed by atoms with Gasteiger partial charge in [-0.15, -0.1) is 0 Å². The molecular formula is C16H20N2O4. The Morgan fingerprint density at radius 3 is 3.00 bits per heavy atom. The summed E-state index contributed by atoms with van der Waals surface area (Å²) >= 11 is 0. The fourth-order valence-electron chi connectivity index (χ4n) is 2.72. The van der Waals surface area contributed by atoms with Gasteiger partial charge < -0.3 is 14.8 Å². The maximum absolute atomic E-state index is 12.3. The number of carbonyl (C=O) groups excluding carboxylic acids is 2. The fraction of sp³-hybridized carbons (Fsp3) is 0.500. The number of benzene rings is 1. The summed E-state index contributed by atoms with van der Waals surface area (Å²) in [5.41, 5.74) is 0.643. The van der Waals surface area contributed by atoms with E-state index >= 15 is 0 Å². The molecule has 2 atom stereocenters. The van der Waals surface area contributed by atoms with Crippen LogP contribution in [0.2, 0.25) is 0 Å². The number of ether oxygens (including phenoxy) is 2. The van der Waals surface area contributed by atoms with Crippen molar-refractivity contribution in [1.29, 1.82) is 0 Å². The molecule has 6 nitrogen and oxygen atoms in total. The van der Waals surface area contributed by atoms with Crippen molar-refractivity contribution in [1.82, 2.24) is 5.32 Å². The van der Waals surface area contributed by atoms with Crippen molar-refractivity contribution in [2.24, 2.45) is 5.92 Å². The van der Waals surface area contributed by atoms with Gasteiger partial charge in [0.25, 0.3) is 5.91 Å². The SMILES string of the molecule is C[C@@H]1Oc2ccccc2N(CC(=O)NC[C@H]2CCOC2)C1=O. The lowest BCUT2D eigenvalue weighted by Gasteiger charge is -2.32. The highest BCUT2D eigenvalue weighted by atomic mass is 16.5. The van der Waals surface area contributed by atoms with E-state index in [0.717, 1.165) is 13.0 Å². The van der Waals surface area contributed by atoms with Crippen LogP contribution in [0.3, 0.4) is 0 Å². The number of fused-ring (bicyclic) bond motifs is 1. The Kier molecular flexibility index (Phi) is 4.29. The van der Waals surface area contributed by atoms with Crippen molar-refractivity contribution in [3.8, 4) is 5.75 Å². The summed E-state index contributed by atoms with van der Waals surface area (Å²) in [6, 6.07) is 7.27. The molecule has 1 aromatic carbocycles. The molecule has 6 heteroatoms. The van der Waals surface area contributed by atoms with E-state index in [4.69, 9.17) is 9.47 Å². The summed E-state index contributed by atoms with van der Waals surface area (Å²) in [7, 11) is 0. The third kappa shape index (κ3) is 3.06. The Hall–Kier alpha value is -2.08. The van der Waals surface area contributed by atoms with Crippen LogP contribution in [0.25, 0.3) is 0 Å². The molecule has 3 rings (SSSR count). The Morgan fingerprint density at radius 1 is 1.41 bits per heavy atom.